The first-order chi connectivity index (χ1) is 15.7. The summed E-state index contributed by atoms with van der Waals surface area (Å²) in [7, 11) is 0. The van der Waals surface area contributed by atoms with Crippen molar-refractivity contribution >= 4 is 40.0 Å². The molecular formula is C24H21ClN4O3. The van der Waals surface area contributed by atoms with Crippen LogP contribution in [0.2, 0.25) is 5.02 Å². The quantitative estimate of drug-likeness (QED) is 0.264. The highest BCUT2D eigenvalue weighted by atomic mass is 35.5. The summed E-state index contributed by atoms with van der Waals surface area (Å²) in [6.07, 6.45) is 2.45. The Balaban J connectivity index is 1.37. The van der Waals surface area contributed by atoms with E-state index in [1.807, 2.05) is 24.3 Å². The van der Waals surface area contributed by atoms with Gasteiger partial charge < -0.3 is 14.4 Å². The number of nitrogens with zero attached hydrogens (tertiary/aromatic N) is 4. The van der Waals surface area contributed by atoms with Crippen LogP contribution in [0.3, 0.4) is 0 Å². The first-order valence-electron chi connectivity index (χ1n) is 10.5. The molecule has 0 unspecified atom stereocenters. The Labute approximate surface area is 190 Å². The molecule has 0 saturated carbocycles. The Morgan fingerprint density at radius 2 is 2.00 bits per heavy atom. The van der Waals surface area contributed by atoms with E-state index in [-0.39, 0.29) is 0 Å². The van der Waals surface area contributed by atoms with Crippen LogP contribution >= 0.6 is 11.6 Å². The molecule has 2 aliphatic heterocycles. The third kappa shape index (κ3) is 4.39. The molecule has 2 aliphatic rings. The van der Waals surface area contributed by atoms with Crippen molar-refractivity contribution in [2.45, 2.75) is 6.42 Å². The van der Waals surface area contributed by atoms with Crippen LogP contribution in [-0.4, -0.2) is 60.2 Å². The SMILES string of the molecule is O=C(C#CCN1CCOCC1)Oc1ccc2ncnc(N3CCc4ccc(Cl)cc43)c2c1. The third-order valence-electron chi connectivity index (χ3n) is 5.59. The van der Waals surface area contributed by atoms with Gasteiger partial charge >= 0.3 is 5.97 Å². The number of morpholine rings is 1. The fourth-order valence-electron chi connectivity index (χ4n) is 3.99. The van der Waals surface area contributed by atoms with E-state index < -0.39 is 5.97 Å². The van der Waals surface area contributed by atoms with Gasteiger partial charge in [0, 0.05) is 41.7 Å². The molecule has 0 spiro atoms. The highest BCUT2D eigenvalue weighted by Crippen LogP contribution is 2.38. The number of fused-ring (bicyclic) bond motifs is 2. The number of esters is 1. The zero-order valence-corrected chi connectivity index (χ0v) is 18.1. The first-order valence-corrected chi connectivity index (χ1v) is 10.9. The Bertz CT molecular complexity index is 1230. The van der Waals surface area contributed by atoms with Crippen LogP contribution in [0, 0.1) is 11.8 Å². The molecule has 5 rings (SSSR count). The molecule has 3 heterocycles. The van der Waals surface area contributed by atoms with Crippen molar-refractivity contribution in [1.29, 1.82) is 0 Å². The lowest BCUT2D eigenvalue weighted by Crippen LogP contribution is -2.36. The van der Waals surface area contributed by atoms with Crippen molar-refractivity contribution in [2.24, 2.45) is 0 Å². The zero-order chi connectivity index (χ0) is 21.9. The van der Waals surface area contributed by atoms with Gasteiger partial charge in [0.05, 0.1) is 25.3 Å². The standard InChI is InChI=1S/C24H21ClN4O3/c25-18-4-3-17-7-9-29(22(17)14-18)24-20-15-19(5-6-21(20)26-16-27-24)32-23(30)2-1-8-28-10-12-31-13-11-28/h3-6,14-16H,7-13H2. The predicted molar refractivity (Wildman–Crippen MR) is 122 cm³/mol. The summed E-state index contributed by atoms with van der Waals surface area (Å²) in [5, 5.41) is 1.48. The maximum atomic E-state index is 12.2. The minimum absolute atomic E-state index is 0.407. The number of ether oxygens (including phenoxy) is 2. The molecule has 0 bridgehead atoms. The second-order valence-corrected chi connectivity index (χ2v) is 8.07. The molecule has 162 valence electrons. The fraction of sp³-hybridized carbons (Fsp3) is 0.292. The van der Waals surface area contributed by atoms with Gasteiger partial charge in [-0.25, -0.2) is 14.8 Å². The molecule has 0 radical (unpaired) electrons. The molecule has 0 N–H and O–H groups in total. The van der Waals surface area contributed by atoms with Gasteiger partial charge in [0.1, 0.15) is 17.9 Å². The van der Waals surface area contributed by atoms with Gasteiger partial charge in [0.15, 0.2) is 0 Å². The smallest absolute Gasteiger partial charge is 0.389 e. The van der Waals surface area contributed by atoms with Gasteiger partial charge in [0.25, 0.3) is 0 Å². The van der Waals surface area contributed by atoms with Crippen LogP contribution in [-0.2, 0) is 16.0 Å². The number of carbonyl (C=O) groups is 1. The van der Waals surface area contributed by atoms with Crippen LogP contribution in [0.1, 0.15) is 5.56 Å². The summed E-state index contributed by atoms with van der Waals surface area (Å²) < 4.78 is 10.8. The molecule has 3 aromatic rings. The molecule has 7 nitrogen and oxygen atoms in total. The van der Waals surface area contributed by atoms with Gasteiger partial charge in [0.2, 0.25) is 0 Å². The first kappa shape index (κ1) is 20.7. The number of hydrogen-bond donors (Lipinski definition) is 0. The summed E-state index contributed by atoms with van der Waals surface area (Å²) in [6.45, 7) is 4.34. The maximum Gasteiger partial charge on any atom is 0.389 e. The molecule has 32 heavy (non-hydrogen) atoms. The van der Waals surface area contributed by atoms with E-state index >= 15 is 0 Å². The maximum absolute atomic E-state index is 12.2. The zero-order valence-electron chi connectivity index (χ0n) is 17.4. The predicted octanol–water partition coefficient (Wildman–Crippen LogP) is 3.22. The minimum atomic E-state index is -0.589. The van der Waals surface area contributed by atoms with Crippen molar-refractivity contribution in [3.63, 3.8) is 0 Å². The van der Waals surface area contributed by atoms with E-state index in [0.717, 1.165) is 48.5 Å². The lowest BCUT2D eigenvalue weighted by Gasteiger charge is -2.24. The van der Waals surface area contributed by atoms with E-state index in [4.69, 9.17) is 21.1 Å². The Kier molecular flexibility index (Phi) is 5.91. The lowest BCUT2D eigenvalue weighted by atomic mass is 10.1. The van der Waals surface area contributed by atoms with Crippen LogP contribution in [0.4, 0.5) is 11.5 Å². The Hall–Kier alpha value is -3.18. The van der Waals surface area contributed by atoms with Crippen molar-refractivity contribution in [3.8, 4) is 17.6 Å². The highest BCUT2D eigenvalue weighted by Gasteiger charge is 2.23. The number of hydrogen-bond acceptors (Lipinski definition) is 7. The molecule has 0 amide bonds. The number of aromatic nitrogens is 2. The molecule has 1 saturated heterocycles. The number of carbonyl (C=O) groups excluding carboxylic acids is 1. The van der Waals surface area contributed by atoms with Gasteiger partial charge in [-0.15, -0.1) is 0 Å². The number of halogens is 1. The summed E-state index contributed by atoms with van der Waals surface area (Å²) in [6, 6.07) is 11.2. The third-order valence-corrected chi connectivity index (χ3v) is 5.83. The van der Waals surface area contributed by atoms with Crippen LogP contribution in [0.25, 0.3) is 10.9 Å². The summed E-state index contributed by atoms with van der Waals surface area (Å²) >= 11 is 6.23. The van der Waals surface area contributed by atoms with Crippen molar-refractivity contribution in [3.05, 3.63) is 53.3 Å². The van der Waals surface area contributed by atoms with Gasteiger partial charge in [-0.3, -0.25) is 4.90 Å². The number of anilines is 2. The molecule has 1 fully saturated rings. The minimum Gasteiger partial charge on any atom is -0.417 e. The number of benzene rings is 2. The molecule has 2 aromatic carbocycles. The summed E-state index contributed by atoms with van der Waals surface area (Å²) in [5.41, 5.74) is 3.02. The van der Waals surface area contributed by atoms with Gasteiger partial charge in [-0.2, -0.15) is 0 Å². The van der Waals surface area contributed by atoms with E-state index in [1.54, 1.807) is 18.5 Å². The summed E-state index contributed by atoms with van der Waals surface area (Å²) in [4.78, 5) is 25.4. The lowest BCUT2D eigenvalue weighted by molar-refractivity contribution is -0.128. The average molecular weight is 449 g/mol. The van der Waals surface area contributed by atoms with E-state index in [0.29, 0.717) is 30.5 Å². The average Bonchev–Trinajstić information content (AvgIpc) is 3.22. The Morgan fingerprint density at radius 1 is 1.12 bits per heavy atom. The molecule has 0 atom stereocenters. The van der Waals surface area contributed by atoms with E-state index in [9.17, 15) is 4.79 Å². The van der Waals surface area contributed by atoms with Gasteiger partial charge in [-0.1, -0.05) is 23.6 Å². The van der Waals surface area contributed by atoms with Crippen molar-refractivity contribution < 1.29 is 14.3 Å². The van der Waals surface area contributed by atoms with Crippen molar-refractivity contribution in [2.75, 3.05) is 44.3 Å². The van der Waals surface area contributed by atoms with Crippen molar-refractivity contribution in [1.82, 2.24) is 14.9 Å². The largest absolute Gasteiger partial charge is 0.417 e. The van der Waals surface area contributed by atoms with E-state index in [2.05, 4.69) is 31.6 Å². The molecular weight excluding hydrogens is 428 g/mol. The van der Waals surface area contributed by atoms with Crippen LogP contribution in [0.15, 0.2) is 42.7 Å². The van der Waals surface area contributed by atoms with Crippen LogP contribution in [0.5, 0.6) is 5.75 Å². The Morgan fingerprint density at radius 3 is 2.88 bits per heavy atom. The molecule has 0 aliphatic carbocycles. The number of rotatable bonds is 3. The second-order valence-electron chi connectivity index (χ2n) is 7.63. The monoisotopic (exact) mass is 448 g/mol. The highest BCUT2D eigenvalue weighted by molar-refractivity contribution is 6.31. The summed E-state index contributed by atoms with van der Waals surface area (Å²) in [5.74, 6) is 6.03. The molecule has 1 aromatic heterocycles. The van der Waals surface area contributed by atoms with Gasteiger partial charge in [-0.05, 0) is 42.3 Å². The topological polar surface area (TPSA) is 67.8 Å². The second kappa shape index (κ2) is 9.13. The van der Waals surface area contributed by atoms with E-state index in [1.165, 1.54) is 5.56 Å². The van der Waals surface area contributed by atoms with Crippen LogP contribution < -0.4 is 9.64 Å². The fourth-order valence-corrected chi connectivity index (χ4v) is 4.15. The normalized spacial score (nSPS) is 15.8. The molecule has 8 heteroatoms.